The summed E-state index contributed by atoms with van der Waals surface area (Å²) < 4.78 is 12.8. The van der Waals surface area contributed by atoms with Crippen LogP contribution in [0.5, 0.6) is 0 Å². The van der Waals surface area contributed by atoms with Crippen LogP contribution in [0.2, 0.25) is 0 Å². The Kier molecular flexibility index (Phi) is 4.61. The first-order valence-electron chi connectivity index (χ1n) is 7.33. The molecular formula is C15H15FN4O2S. The number of anilines is 1. The van der Waals surface area contributed by atoms with Gasteiger partial charge in [-0.05, 0) is 37.1 Å². The Morgan fingerprint density at radius 2 is 1.65 bits per heavy atom. The molecule has 1 fully saturated rings. The first-order chi connectivity index (χ1) is 11.1. The van der Waals surface area contributed by atoms with Crippen molar-refractivity contribution >= 4 is 28.8 Å². The van der Waals surface area contributed by atoms with Crippen molar-refractivity contribution in [3.05, 3.63) is 40.1 Å². The molecule has 1 aliphatic rings. The number of nitrogens with one attached hydrogen (secondary N) is 2. The summed E-state index contributed by atoms with van der Waals surface area (Å²) in [6.45, 7) is 0. The Labute approximate surface area is 136 Å². The second kappa shape index (κ2) is 6.82. The van der Waals surface area contributed by atoms with Crippen molar-refractivity contribution in [2.75, 3.05) is 5.32 Å². The quantitative estimate of drug-likeness (QED) is 0.900. The van der Waals surface area contributed by atoms with Crippen molar-refractivity contribution in [1.29, 1.82) is 0 Å². The number of benzene rings is 1. The molecule has 6 nitrogen and oxygen atoms in total. The Balaban J connectivity index is 1.62. The van der Waals surface area contributed by atoms with Gasteiger partial charge in [0.05, 0.1) is 0 Å². The third-order valence-corrected chi connectivity index (χ3v) is 4.53. The lowest BCUT2D eigenvalue weighted by Gasteiger charge is -2.09. The van der Waals surface area contributed by atoms with Gasteiger partial charge in [-0.2, -0.15) is 0 Å². The molecule has 0 atom stereocenters. The number of rotatable bonds is 4. The van der Waals surface area contributed by atoms with Gasteiger partial charge in [0.15, 0.2) is 0 Å². The van der Waals surface area contributed by atoms with Gasteiger partial charge in [0.25, 0.3) is 11.8 Å². The first-order valence-corrected chi connectivity index (χ1v) is 8.15. The van der Waals surface area contributed by atoms with Crippen LogP contribution in [0.3, 0.4) is 0 Å². The normalized spacial score (nSPS) is 14.7. The van der Waals surface area contributed by atoms with Gasteiger partial charge in [0, 0.05) is 11.7 Å². The average molecular weight is 334 g/mol. The predicted molar refractivity (Wildman–Crippen MR) is 84.0 cm³/mol. The van der Waals surface area contributed by atoms with E-state index in [1.807, 2.05) is 0 Å². The van der Waals surface area contributed by atoms with E-state index in [0.29, 0.717) is 5.69 Å². The number of amides is 2. The highest BCUT2D eigenvalue weighted by molar-refractivity contribution is 7.15. The molecular weight excluding hydrogens is 319 g/mol. The van der Waals surface area contributed by atoms with Gasteiger partial charge in [-0.1, -0.05) is 24.2 Å². The molecule has 0 saturated heterocycles. The van der Waals surface area contributed by atoms with Crippen molar-refractivity contribution in [3.8, 4) is 0 Å². The van der Waals surface area contributed by atoms with E-state index in [2.05, 4.69) is 20.8 Å². The Morgan fingerprint density at radius 1 is 1.04 bits per heavy atom. The van der Waals surface area contributed by atoms with Crippen molar-refractivity contribution in [3.63, 3.8) is 0 Å². The van der Waals surface area contributed by atoms with Gasteiger partial charge < -0.3 is 10.6 Å². The summed E-state index contributed by atoms with van der Waals surface area (Å²) >= 11 is 0.934. The van der Waals surface area contributed by atoms with Crippen LogP contribution in [0.4, 0.5) is 10.1 Å². The number of halogens is 1. The maximum atomic E-state index is 12.8. The van der Waals surface area contributed by atoms with Crippen molar-refractivity contribution < 1.29 is 14.0 Å². The SMILES string of the molecule is O=C(Nc1ccc(F)cc1)c1nnc(C(=O)NC2CCCC2)s1. The molecule has 0 bridgehead atoms. The van der Waals surface area contributed by atoms with Crippen LogP contribution in [-0.2, 0) is 0 Å². The molecule has 0 unspecified atom stereocenters. The van der Waals surface area contributed by atoms with Crippen LogP contribution >= 0.6 is 11.3 Å². The molecule has 0 radical (unpaired) electrons. The number of hydrogen-bond acceptors (Lipinski definition) is 5. The zero-order valence-electron chi connectivity index (χ0n) is 12.2. The number of carbonyl (C=O) groups is 2. The first kappa shape index (κ1) is 15.5. The minimum absolute atomic E-state index is 0.0888. The molecule has 3 rings (SSSR count). The van der Waals surface area contributed by atoms with Gasteiger partial charge in [0.2, 0.25) is 10.0 Å². The van der Waals surface area contributed by atoms with Gasteiger partial charge >= 0.3 is 0 Å². The Bertz CT molecular complexity index is 711. The van der Waals surface area contributed by atoms with Gasteiger partial charge in [0.1, 0.15) is 5.82 Å². The lowest BCUT2D eigenvalue weighted by atomic mass is 10.2. The highest BCUT2D eigenvalue weighted by atomic mass is 32.1. The van der Waals surface area contributed by atoms with Crippen LogP contribution in [0, 0.1) is 5.82 Å². The summed E-state index contributed by atoms with van der Waals surface area (Å²) in [4.78, 5) is 24.1. The summed E-state index contributed by atoms with van der Waals surface area (Å²) in [7, 11) is 0. The lowest BCUT2D eigenvalue weighted by molar-refractivity contribution is 0.0935. The molecule has 1 saturated carbocycles. The summed E-state index contributed by atoms with van der Waals surface area (Å²) in [5.41, 5.74) is 0.448. The fourth-order valence-corrected chi connectivity index (χ4v) is 3.08. The standard InChI is InChI=1S/C15H15FN4O2S/c16-9-5-7-11(8-6-9)18-13(22)15-20-19-14(23-15)12(21)17-10-3-1-2-4-10/h5-8,10H,1-4H2,(H,17,21)(H,18,22). The van der Waals surface area contributed by atoms with E-state index in [9.17, 15) is 14.0 Å². The smallest absolute Gasteiger partial charge is 0.286 e. The Hall–Kier alpha value is -2.35. The monoisotopic (exact) mass is 334 g/mol. The maximum absolute atomic E-state index is 12.8. The van der Waals surface area contributed by atoms with Crippen LogP contribution in [-0.4, -0.2) is 28.1 Å². The van der Waals surface area contributed by atoms with Gasteiger partial charge in [-0.15, -0.1) is 10.2 Å². The zero-order valence-corrected chi connectivity index (χ0v) is 13.0. The largest absolute Gasteiger partial charge is 0.347 e. The number of aromatic nitrogens is 2. The van der Waals surface area contributed by atoms with Crippen molar-refractivity contribution in [2.24, 2.45) is 0 Å². The molecule has 120 valence electrons. The molecule has 1 heterocycles. The van der Waals surface area contributed by atoms with Crippen LogP contribution in [0.25, 0.3) is 0 Å². The summed E-state index contributed by atoms with van der Waals surface area (Å²) in [5.74, 6) is -1.16. The summed E-state index contributed by atoms with van der Waals surface area (Å²) in [5, 5.41) is 13.3. The fraction of sp³-hybridized carbons (Fsp3) is 0.333. The predicted octanol–water partition coefficient (Wildman–Crippen LogP) is 2.60. The maximum Gasteiger partial charge on any atom is 0.286 e. The summed E-state index contributed by atoms with van der Waals surface area (Å²) in [6.07, 6.45) is 4.18. The minimum Gasteiger partial charge on any atom is -0.347 e. The molecule has 2 N–H and O–H groups in total. The van der Waals surface area contributed by atoms with Crippen LogP contribution in [0.15, 0.2) is 24.3 Å². The van der Waals surface area contributed by atoms with Crippen molar-refractivity contribution in [2.45, 2.75) is 31.7 Å². The molecule has 1 aromatic heterocycles. The van der Waals surface area contributed by atoms with Crippen LogP contribution < -0.4 is 10.6 Å². The third-order valence-electron chi connectivity index (χ3n) is 3.61. The van der Waals surface area contributed by atoms with Crippen LogP contribution in [0.1, 0.15) is 45.3 Å². The number of carbonyl (C=O) groups excluding carboxylic acids is 2. The molecule has 2 aromatic rings. The fourth-order valence-electron chi connectivity index (χ4n) is 2.44. The number of nitrogens with zero attached hydrogens (tertiary/aromatic N) is 2. The molecule has 0 spiro atoms. The molecule has 1 aromatic carbocycles. The van der Waals surface area contributed by atoms with E-state index in [4.69, 9.17) is 0 Å². The Morgan fingerprint density at radius 3 is 2.30 bits per heavy atom. The molecule has 2 amide bonds. The number of hydrogen-bond donors (Lipinski definition) is 2. The topological polar surface area (TPSA) is 84.0 Å². The average Bonchev–Trinajstić information content (AvgIpc) is 3.20. The van der Waals surface area contributed by atoms with E-state index in [1.165, 1.54) is 24.3 Å². The van der Waals surface area contributed by atoms with Gasteiger partial charge in [-0.3, -0.25) is 9.59 Å². The highest BCUT2D eigenvalue weighted by Crippen LogP contribution is 2.19. The molecule has 8 heteroatoms. The second-order valence-corrected chi connectivity index (χ2v) is 6.31. The molecule has 0 aliphatic heterocycles. The molecule has 23 heavy (non-hydrogen) atoms. The van der Waals surface area contributed by atoms with E-state index in [0.717, 1.165) is 37.0 Å². The minimum atomic E-state index is -0.478. The zero-order chi connectivity index (χ0) is 16.2. The molecule has 1 aliphatic carbocycles. The van der Waals surface area contributed by atoms with E-state index < -0.39 is 5.91 Å². The third kappa shape index (κ3) is 3.89. The van der Waals surface area contributed by atoms with E-state index in [-0.39, 0.29) is 27.8 Å². The van der Waals surface area contributed by atoms with E-state index >= 15 is 0 Å². The lowest BCUT2D eigenvalue weighted by Crippen LogP contribution is -2.32. The van der Waals surface area contributed by atoms with Crippen molar-refractivity contribution in [1.82, 2.24) is 15.5 Å². The van der Waals surface area contributed by atoms with E-state index in [1.54, 1.807) is 0 Å². The second-order valence-electron chi connectivity index (χ2n) is 5.33. The van der Waals surface area contributed by atoms with Gasteiger partial charge in [-0.25, -0.2) is 4.39 Å². The highest BCUT2D eigenvalue weighted by Gasteiger charge is 2.22. The summed E-state index contributed by atoms with van der Waals surface area (Å²) in [6, 6.07) is 5.57.